The molecule has 1 aliphatic heterocycles. The molecule has 0 spiro atoms. The maximum absolute atomic E-state index is 12.0. The van der Waals surface area contributed by atoms with Crippen LogP contribution in [0.25, 0.3) is 0 Å². The molecule has 15 heavy (non-hydrogen) atoms. The molecule has 1 aliphatic rings. The van der Waals surface area contributed by atoms with E-state index in [0.717, 1.165) is 13.0 Å². The SMILES string of the molecule is CC1CN(C)C(C)CC1NCC(F)(F)F. The third-order valence-electron chi connectivity index (χ3n) is 3.18. The molecular weight excluding hydrogens is 205 g/mol. The standard InChI is InChI=1S/C10H19F3N2/c1-7-5-15(3)8(2)4-9(7)14-6-10(11,12)13/h7-9,14H,4-6H2,1-3H3. The normalized spacial score (nSPS) is 34.4. The zero-order chi connectivity index (χ0) is 11.6. The molecule has 1 heterocycles. The van der Waals surface area contributed by atoms with Crippen LogP contribution in [0.1, 0.15) is 20.3 Å². The predicted octanol–water partition coefficient (Wildman–Crippen LogP) is 1.87. The van der Waals surface area contributed by atoms with E-state index < -0.39 is 12.7 Å². The van der Waals surface area contributed by atoms with Crippen LogP contribution in [-0.2, 0) is 0 Å². The Balaban J connectivity index is 2.41. The van der Waals surface area contributed by atoms with E-state index >= 15 is 0 Å². The van der Waals surface area contributed by atoms with Gasteiger partial charge in [0.15, 0.2) is 0 Å². The maximum Gasteiger partial charge on any atom is 0.401 e. The second-order valence-corrected chi connectivity index (χ2v) is 4.60. The summed E-state index contributed by atoms with van der Waals surface area (Å²) in [6.07, 6.45) is -3.32. The Labute approximate surface area is 88.8 Å². The largest absolute Gasteiger partial charge is 0.401 e. The average molecular weight is 224 g/mol. The van der Waals surface area contributed by atoms with Crippen LogP contribution in [0.3, 0.4) is 0 Å². The first kappa shape index (κ1) is 12.8. The van der Waals surface area contributed by atoms with Gasteiger partial charge in [0, 0.05) is 18.6 Å². The summed E-state index contributed by atoms with van der Waals surface area (Å²) in [5.41, 5.74) is 0. The molecule has 5 heteroatoms. The van der Waals surface area contributed by atoms with Gasteiger partial charge < -0.3 is 10.2 Å². The lowest BCUT2D eigenvalue weighted by Crippen LogP contribution is -2.52. The molecule has 2 nitrogen and oxygen atoms in total. The Kier molecular flexibility index (Phi) is 4.00. The zero-order valence-electron chi connectivity index (χ0n) is 9.43. The smallest absolute Gasteiger partial charge is 0.306 e. The molecule has 0 bridgehead atoms. The fraction of sp³-hybridized carbons (Fsp3) is 1.00. The van der Waals surface area contributed by atoms with Gasteiger partial charge in [0.1, 0.15) is 0 Å². The minimum Gasteiger partial charge on any atom is -0.306 e. The molecule has 3 unspecified atom stereocenters. The van der Waals surface area contributed by atoms with Crippen molar-refractivity contribution in [2.75, 3.05) is 20.1 Å². The van der Waals surface area contributed by atoms with Gasteiger partial charge in [-0.2, -0.15) is 13.2 Å². The monoisotopic (exact) mass is 224 g/mol. The van der Waals surface area contributed by atoms with Gasteiger partial charge in [-0.25, -0.2) is 0 Å². The Morgan fingerprint density at radius 2 is 1.93 bits per heavy atom. The predicted molar refractivity (Wildman–Crippen MR) is 53.7 cm³/mol. The highest BCUT2D eigenvalue weighted by atomic mass is 19.4. The van der Waals surface area contributed by atoms with E-state index in [4.69, 9.17) is 0 Å². The number of rotatable bonds is 2. The van der Waals surface area contributed by atoms with Crippen LogP contribution >= 0.6 is 0 Å². The van der Waals surface area contributed by atoms with Crippen LogP contribution in [0, 0.1) is 5.92 Å². The maximum atomic E-state index is 12.0. The van der Waals surface area contributed by atoms with Crippen molar-refractivity contribution in [2.24, 2.45) is 5.92 Å². The molecule has 0 aromatic rings. The van der Waals surface area contributed by atoms with Crippen molar-refractivity contribution < 1.29 is 13.2 Å². The minimum absolute atomic E-state index is 0.0159. The third kappa shape index (κ3) is 3.99. The summed E-state index contributed by atoms with van der Waals surface area (Å²) >= 11 is 0. The number of nitrogens with zero attached hydrogens (tertiary/aromatic N) is 1. The lowest BCUT2D eigenvalue weighted by Gasteiger charge is -2.40. The van der Waals surface area contributed by atoms with Gasteiger partial charge in [-0.15, -0.1) is 0 Å². The Bertz CT molecular complexity index is 205. The van der Waals surface area contributed by atoms with E-state index in [-0.39, 0.29) is 12.0 Å². The molecule has 0 aliphatic carbocycles. The van der Waals surface area contributed by atoms with Crippen LogP contribution in [0.5, 0.6) is 0 Å². The van der Waals surface area contributed by atoms with Gasteiger partial charge in [-0.05, 0) is 26.3 Å². The van der Waals surface area contributed by atoms with E-state index in [9.17, 15) is 13.2 Å². The number of alkyl halides is 3. The van der Waals surface area contributed by atoms with E-state index in [2.05, 4.69) is 10.2 Å². The van der Waals surface area contributed by atoms with Crippen LogP contribution in [0.4, 0.5) is 13.2 Å². The highest BCUT2D eigenvalue weighted by molar-refractivity contribution is 4.86. The molecule has 90 valence electrons. The van der Waals surface area contributed by atoms with Crippen LogP contribution in [0.2, 0.25) is 0 Å². The Hall–Kier alpha value is -0.290. The van der Waals surface area contributed by atoms with Gasteiger partial charge in [0.2, 0.25) is 0 Å². The zero-order valence-corrected chi connectivity index (χ0v) is 9.43. The van der Waals surface area contributed by atoms with Gasteiger partial charge >= 0.3 is 6.18 Å². The molecule has 1 saturated heterocycles. The van der Waals surface area contributed by atoms with Gasteiger partial charge in [-0.3, -0.25) is 0 Å². The molecule has 0 aromatic heterocycles. The summed E-state index contributed by atoms with van der Waals surface area (Å²) in [5.74, 6) is 0.272. The van der Waals surface area contributed by atoms with E-state index in [1.165, 1.54) is 0 Å². The highest BCUT2D eigenvalue weighted by Crippen LogP contribution is 2.22. The van der Waals surface area contributed by atoms with Gasteiger partial charge in [0.25, 0.3) is 0 Å². The fourth-order valence-corrected chi connectivity index (χ4v) is 2.07. The lowest BCUT2D eigenvalue weighted by atomic mass is 9.90. The van der Waals surface area contributed by atoms with Crippen LogP contribution < -0.4 is 5.32 Å². The molecule has 3 atom stereocenters. The molecular formula is C10H19F3N2. The summed E-state index contributed by atoms with van der Waals surface area (Å²) < 4.78 is 36.1. The second-order valence-electron chi connectivity index (χ2n) is 4.60. The van der Waals surface area contributed by atoms with Gasteiger partial charge in [-0.1, -0.05) is 6.92 Å². The van der Waals surface area contributed by atoms with Crippen molar-refractivity contribution in [1.82, 2.24) is 10.2 Å². The number of halogens is 3. The molecule has 0 aromatic carbocycles. The van der Waals surface area contributed by atoms with Crippen LogP contribution in [-0.4, -0.2) is 43.3 Å². The van der Waals surface area contributed by atoms with Crippen LogP contribution in [0.15, 0.2) is 0 Å². The number of likely N-dealkylation sites (tertiary alicyclic amines) is 1. The summed E-state index contributed by atoms with van der Waals surface area (Å²) in [6, 6.07) is 0.338. The number of hydrogen-bond donors (Lipinski definition) is 1. The molecule has 1 rings (SSSR count). The van der Waals surface area contributed by atoms with E-state index in [1.807, 2.05) is 20.9 Å². The quantitative estimate of drug-likeness (QED) is 0.770. The first-order chi connectivity index (χ1) is 6.79. The fourth-order valence-electron chi connectivity index (χ4n) is 2.07. The molecule has 1 fully saturated rings. The summed E-state index contributed by atoms with van der Waals surface area (Å²) in [4.78, 5) is 2.19. The topological polar surface area (TPSA) is 15.3 Å². The lowest BCUT2D eigenvalue weighted by molar-refractivity contribution is -0.128. The van der Waals surface area contributed by atoms with Crippen molar-refractivity contribution in [3.8, 4) is 0 Å². The van der Waals surface area contributed by atoms with Crippen molar-refractivity contribution >= 4 is 0 Å². The summed E-state index contributed by atoms with van der Waals surface area (Å²) in [5, 5.41) is 2.61. The number of hydrogen-bond acceptors (Lipinski definition) is 2. The number of piperidine rings is 1. The summed E-state index contributed by atoms with van der Waals surface area (Å²) in [7, 11) is 2.02. The first-order valence-corrected chi connectivity index (χ1v) is 5.30. The molecule has 1 N–H and O–H groups in total. The number of nitrogens with one attached hydrogen (secondary N) is 1. The van der Waals surface area contributed by atoms with E-state index in [0.29, 0.717) is 6.04 Å². The third-order valence-corrected chi connectivity index (χ3v) is 3.18. The Morgan fingerprint density at radius 3 is 2.47 bits per heavy atom. The summed E-state index contributed by atoms with van der Waals surface area (Å²) in [6.45, 7) is 4.03. The molecule has 0 radical (unpaired) electrons. The first-order valence-electron chi connectivity index (χ1n) is 5.30. The van der Waals surface area contributed by atoms with Crippen molar-refractivity contribution in [3.63, 3.8) is 0 Å². The molecule has 0 saturated carbocycles. The van der Waals surface area contributed by atoms with Gasteiger partial charge in [0.05, 0.1) is 6.54 Å². The minimum atomic E-state index is -4.10. The van der Waals surface area contributed by atoms with E-state index in [1.54, 1.807) is 0 Å². The van der Waals surface area contributed by atoms with Crippen molar-refractivity contribution in [3.05, 3.63) is 0 Å². The Morgan fingerprint density at radius 1 is 1.33 bits per heavy atom. The van der Waals surface area contributed by atoms with Crippen molar-refractivity contribution in [1.29, 1.82) is 0 Å². The average Bonchev–Trinajstić information content (AvgIpc) is 2.07. The highest BCUT2D eigenvalue weighted by Gasteiger charge is 2.33. The second kappa shape index (κ2) is 4.70. The van der Waals surface area contributed by atoms with Crippen molar-refractivity contribution in [2.45, 2.75) is 38.5 Å². The molecule has 0 amide bonds.